The molecule has 0 saturated carbocycles. The van der Waals surface area contributed by atoms with Gasteiger partial charge in [0.2, 0.25) is 5.91 Å². The van der Waals surface area contributed by atoms with E-state index in [0.717, 1.165) is 0 Å². The van der Waals surface area contributed by atoms with Gasteiger partial charge in [-0.3, -0.25) is 9.59 Å². The molecule has 0 bridgehead atoms. The highest BCUT2D eigenvalue weighted by molar-refractivity contribution is 5.81. The van der Waals surface area contributed by atoms with E-state index in [1.54, 1.807) is 6.92 Å². The number of ether oxygens (including phenoxy) is 1. The Morgan fingerprint density at radius 1 is 1.28 bits per heavy atom. The molecule has 0 saturated heterocycles. The molecule has 106 valence electrons. The minimum atomic E-state index is -0.258. The van der Waals surface area contributed by atoms with Crippen LogP contribution in [0.15, 0.2) is 0 Å². The molecule has 0 heterocycles. The summed E-state index contributed by atoms with van der Waals surface area (Å²) < 4.78 is 4.82. The number of nitrogens with one attached hydrogen (secondary N) is 2. The van der Waals surface area contributed by atoms with E-state index in [9.17, 15) is 9.59 Å². The summed E-state index contributed by atoms with van der Waals surface area (Å²) in [7, 11) is 0. The molecule has 0 fully saturated rings. The van der Waals surface area contributed by atoms with Crippen LogP contribution in [0, 0.1) is 0 Å². The Kier molecular flexibility index (Phi) is 7.59. The molecule has 0 rings (SSSR count). The quantitative estimate of drug-likeness (QED) is 0.532. The summed E-state index contributed by atoms with van der Waals surface area (Å²) in [6, 6.07) is -0.258. The van der Waals surface area contributed by atoms with Crippen LogP contribution in [0.2, 0.25) is 0 Å². The van der Waals surface area contributed by atoms with Crippen molar-refractivity contribution in [3.8, 4) is 0 Å². The fraction of sp³-hybridized carbons (Fsp3) is 0.846. The van der Waals surface area contributed by atoms with Crippen LogP contribution < -0.4 is 10.6 Å². The second-order valence-corrected chi connectivity index (χ2v) is 5.32. The van der Waals surface area contributed by atoms with Crippen LogP contribution in [0.3, 0.4) is 0 Å². The fourth-order valence-corrected chi connectivity index (χ4v) is 1.36. The van der Waals surface area contributed by atoms with Crippen LogP contribution in [0.5, 0.6) is 0 Å². The van der Waals surface area contributed by atoms with Gasteiger partial charge in [-0.2, -0.15) is 0 Å². The van der Waals surface area contributed by atoms with Crippen LogP contribution in [-0.4, -0.2) is 36.6 Å². The molecule has 1 amide bonds. The van der Waals surface area contributed by atoms with Crippen LogP contribution >= 0.6 is 0 Å². The summed E-state index contributed by atoms with van der Waals surface area (Å²) in [5.41, 5.74) is -0.224. The number of rotatable bonds is 7. The lowest BCUT2D eigenvalue weighted by Crippen LogP contribution is -2.49. The number of hydrogen-bond acceptors (Lipinski definition) is 4. The van der Waals surface area contributed by atoms with Gasteiger partial charge in [-0.05, 0) is 47.6 Å². The Morgan fingerprint density at radius 2 is 1.89 bits per heavy atom. The Balaban J connectivity index is 3.74. The van der Waals surface area contributed by atoms with Crippen molar-refractivity contribution in [2.24, 2.45) is 0 Å². The van der Waals surface area contributed by atoms with Crippen LogP contribution in [-0.2, 0) is 14.3 Å². The second kappa shape index (κ2) is 8.08. The average molecular weight is 258 g/mol. The lowest BCUT2D eigenvalue weighted by atomic mass is 10.1. The number of esters is 1. The first kappa shape index (κ1) is 16.9. The first-order valence-corrected chi connectivity index (χ1v) is 6.47. The van der Waals surface area contributed by atoms with E-state index < -0.39 is 0 Å². The van der Waals surface area contributed by atoms with Crippen LogP contribution in [0.25, 0.3) is 0 Å². The molecule has 5 nitrogen and oxygen atoms in total. The molecular formula is C13H26N2O3. The molecule has 5 heteroatoms. The first-order chi connectivity index (χ1) is 8.26. The molecule has 0 aliphatic rings. The van der Waals surface area contributed by atoms with Gasteiger partial charge in [0.15, 0.2) is 0 Å². The van der Waals surface area contributed by atoms with E-state index in [4.69, 9.17) is 4.74 Å². The molecule has 0 aromatic rings. The van der Waals surface area contributed by atoms with E-state index in [-0.39, 0.29) is 23.5 Å². The zero-order chi connectivity index (χ0) is 14.2. The van der Waals surface area contributed by atoms with Crippen molar-refractivity contribution in [2.45, 2.75) is 59.0 Å². The first-order valence-electron chi connectivity index (χ1n) is 6.47. The highest BCUT2D eigenvalue weighted by atomic mass is 16.5. The van der Waals surface area contributed by atoms with Crippen LogP contribution in [0.4, 0.5) is 0 Å². The van der Waals surface area contributed by atoms with Crippen molar-refractivity contribution in [3.05, 3.63) is 0 Å². The van der Waals surface area contributed by atoms with Crippen molar-refractivity contribution in [1.82, 2.24) is 10.6 Å². The fourth-order valence-electron chi connectivity index (χ4n) is 1.36. The summed E-state index contributed by atoms with van der Waals surface area (Å²) in [4.78, 5) is 22.8. The third-order valence-electron chi connectivity index (χ3n) is 2.21. The number of carbonyl (C=O) groups excluding carboxylic acids is 2. The summed E-state index contributed by atoms with van der Waals surface area (Å²) in [5, 5.41) is 5.98. The Hall–Kier alpha value is -1.10. The average Bonchev–Trinajstić information content (AvgIpc) is 2.22. The van der Waals surface area contributed by atoms with Gasteiger partial charge in [-0.15, -0.1) is 0 Å². The van der Waals surface area contributed by atoms with Crippen molar-refractivity contribution < 1.29 is 14.3 Å². The maximum absolute atomic E-state index is 11.7. The molecule has 0 aliphatic carbocycles. The number of hydrogen-bond donors (Lipinski definition) is 2. The molecule has 2 N–H and O–H groups in total. The third kappa shape index (κ3) is 8.98. The monoisotopic (exact) mass is 258 g/mol. The van der Waals surface area contributed by atoms with Gasteiger partial charge in [-0.25, -0.2) is 0 Å². The largest absolute Gasteiger partial charge is 0.466 e. The topological polar surface area (TPSA) is 67.4 Å². The zero-order valence-electron chi connectivity index (χ0n) is 12.1. The van der Waals surface area contributed by atoms with Crippen molar-refractivity contribution >= 4 is 11.9 Å². The van der Waals surface area contributed by atoms with Crippen LogP contribution in [0.1, 0.15) is 47.5 Å². The minimum absolute atomic E-state index is 0.0290. The third-order valence-corrected chi connectivity index (χ3v) is 2.21. The van der Waals surface area contributed by atoms with Crippen molar-refractivity contribution in [3.63, 3.8) is 0 Å². The van der Waals surface area contributed by atoms with Gasteiger partial charge in [-0.1, -0.05) is 0 Å². The predicted molar refractivity (Wildman–Crippen MR) is 71.2 cm³/mol. The maximum atomic E-state index is 11.7. The SMILES string of the molecule is CCOC(=O)CCCNC(C)C(=O)NC(C)(C)C. The smallest absolute Gasteiger partial charge is 0.305 e. The molecule has 0 spiro atoms. The molecule has 18 heavy (non-hydrogen) atoms. The van der Waals surface area contributed by atoms with Gasteiger partial charge in [0, 0.05) is 12.0 Å². The van der Waals surface area contributed by atoms with Gasteiger partial charge in [0.25, 0.3) is 0 Å². The van der Waals surface area contributed by atoms with E-state index >= 15 is 0 Å². The molecule has 0 aromatic heterocycles. The maximum Gasteiger partial charge on any atom is 0.305 e. The van der Waals surface area contributed by atoms with Gasteiger partial charge in [0.05, 0.1) is 12.6 Å². The molecule has 1 atom stereocenters. The standard InChI is InChI=1S/C13H26N2O3/c1-6-18-11(16)8-7-9-14-10(2)12(17)15-13(3,4)5/h10,14H,6-9H2,1-5H3,(H,15,17). The molecule has 1 unspecified atom stereocenters. The van der Waals surface area contributed by atoms with E-state index in [1.807, 2.05) is 27.7 Å². The molecular weight excluding hydrogens is 232 g/mol. The summed E-state index contributed by atoms with van der Waals surface area (Å²) in [6.45, 7) is 10.5. The molecule has 0 aliphatic heterocycles. The lowest BCUT2D eigenvalue weighted by Gasteiger charge is -2.23. The summed E-state index contributed by atoms with van der Waals surface area (Å²) >= 11 is 0. The normalized spacial score (nSPS) is 12.9. The lowest BCUT2D eigenvalue weighted by molar-refractivity contribution is -0.143. The number of carbonyl (C=O) groups is 2. The van der Waals surface area contributed by atoms with Gasteiger partial charge >= 0.3 is 5.97 Å². The highest BCUT2D eigenvalue weighted by Crippen LogP contribution is 1.99. The van der Waals surface area contributed by atoms with Crippen molar-refractivity contribution in [2.75, 3.05) is 13.2 Å². The van der Waals surface area contributed by atoms with E-state index in [0.29, 0.717) is 26.0 Å². The highest BCUT2D eigenvalue weighted by Gasteiger charge is 2.18. The number of amides is 1. The van der Waals surface area contributed by atoms with Crippen molar-refractivity contribution in [1.29, 1.82) is 0 Å². The second-order valence-electron chi connectivity index (χ2n) is 5.32. The van der Waals surface area contributed by atoms with Gasteiger partial charge in [0.1, 0.15) is 0 Å². The molecule has 0 aromatic carbocycles. The minimum Gasteiger partial charge on any atom is -0.466 e. The van der Waals surface area contributed by atoms with E-state index in [2.05, 4.69) is 10.6 Å². The van der Waals surface area contributed by atoms with E-state index in [1.165, 1.54) is 0 Å². The van der Waals surface area contributed by atoms with Gasteiger partial charge < -0.3 is 15.4 Å². The predicted octanol–water partition coefficient (Wildman–Crippen LogP) is 1.22. The zero-order valence-corrected chi connectivity index (χ0v) is 12.1. The Labute approximate surface area is 110 Å². The molecule has 0 radical (unpaired) electrons. The Bertz CT molecular complexity index is 272. The summed E-state index contributed by atoms with van der Waals surface area (Å²) in [5.74, 6) is -0.218. The Morgan fingerprint density at radius 3 is 2.39 bits per heavy atom. The summed E-state index contributed by atoms with van der Waals surface area (Å²) in [6.07, 6.45) is 1.06.